The SMILES string of the molecule is [2H]C(C)(C)c1ccc(-c2ccnc(-c3[c-]c(-c4cccc5c4nc(-c4cc(C(C)(C)C)cc(C(C)(C)C)c4O)n5-c4ccc(-c5c(-c6ccccc6)cccc5C(C)(C)C)cc4C)cc(-c4ccccc4)c3)c2)cc1.[Pt]. The Morgan fingerprint density at radius 2 is 1.15 bits per heavy atom. The van der Waals surface area contributed by atoms with E-state index in [1.165, 1.54) is 22.3 Å². The molecule has 8 aromatic carbocycles. The van der Waals surface area contributed by atoms with Gasteiger partial charge in [0.1, 0.15) is 11.6 Å². The van der Waals surface area contributed by atoms with E-state index in [0.29, 0.717) is 11.4 Å². The molecule has 0 spiro atoms. The Hall–Kier alpha value is -7.13. The summed E-state index contributed by atoms with van der Waals surface area (Å²) < 4.78 is 10.8. The molecule has 0 bridgehead atoms. The standard InChI is InChI=1S/C70H68N3O.Pt/c1-44(2)46-29-31-48(32-30-46)50-35-36-71-61(41-50)54-39-52(47-21-15-13-16-22-47)38-53(40-54)57-26-20-28-63-65(57)72-67(58-42-55(68(4,5)6)43-60(66(58)74)70(10,11)12)73(63)62-34-33-51(37-45(62)3)64-56(49-23-17-14-18-24-49)25-19-27-59(64)69(7,8)9;/h13-39,41-44,74H,1-12H3;/q-1;/i44D;. The summed E-state index contributed by atoms with van der Waals surface area (Å²) in [6.07, 6.45) is 1.87. The summed E-state index contributed by atoms with van der Waals surface area (Å²) in [7, 11) is 0. The zero-order valence-electron chi connectivity index (χ0n) is 46.4. The molecule has 380 valence electrons. The van der Waals surface area contributed by atoms with Crippen molar-refractivity contribution in [2.75, 3.05) is 0 Å². The van der Waals surface area contributed by atoms with Gasteiger partial charge in [0.2, 0.25) is 0 Å². The maximum absolute atomic E-state index is 12.7. The predicted octanol–water partition coefficient (Wildman–Crippen LogP) is 18.9. The van der Waals surface area contributed by atoms with Crippen molar-refractivity contribution >= 4 is 11.0 Å². The van der Waals surface area contributed by atoms with Crippen LogP contribution in [0.25, 0.3) is 95.0 Å². The van der Waals surface area contributed by atoms with Gasteiger partial charge in [-0.05, 0) is 121 Å². The summed E-state index contributed by atoms with van der Waals surface area (Å²) in [5.41, 5.74) is 20.4. The number of phenolic OH excluding ortho intramolecular Hbond substituents is 1. The fraction of sp³-hybridized carbons (Fsp3) is 0.229. The first-order valence-electron chi connectivity index (χ1n) is 26.5. The van der Waals surface area contributed by atoms with Gasteiger partial charge in [0.25, 0.3) is 0 Å². The van der Waals surface area contributed by atoms with Gasteiger partial charge in [-0.3, -0.25) is 9.55 Å². The van der Waals surface area contributed by atoms with Gasteiger partial charge < -0.3 is 5.11 Å². The molecule has 0 atom stereocenters. The summed E-state index contributed by atoms with van der Waals surface area (Å²) in [5.74, 6) is 0.210. The zero-order chi connectivity index (χ0) is 53.2. The third-order valence-electron chi connectivity index (χ3n) is 14.5. The molecule has 0 saturated carbocycles. The van der Waals surface area contributed by atoms with Crippen molar-refractivity contribution in [2.24, 2.45) is 0 Å². The number of imidazole rings is 1. The van der Waals surface area contributed by atoms with Crippen LogP contribution in [0, 0.1) is 13.0 Å². The van der Waals surface area contributed by atoms with Crippen molar-refractivity contribution in [3.8, 4) is 89.7 Å². The van der Waals surface area contributed by atoms with Gasteiger partial charge in [-0.2, -0.15) is 0 Å². The first-order chi connectivity index (χ1) is 35.5. The van der Waals surface area contributed by atoms with Crippen LogP contribution in [0.15, 0.2) is 182 Å². The van der Waals surface area contributed by atoms with Crippen LogP contribution in [-0.2, 0) is 37.3 Å². The largest absolute Gasteiger partial charge is 0.507 e. The van der Waals surface area contributed by atoms with E-state index in [1.54, 1.807) is 0 Å². The van der Waals surface area contributed by atoms with Crippen molar-refractivity contribution in [2.45, 2.75) is 105 Å². The summed E-state index contributed by atoms with van der Waals surface area (Å²) in [6, 6.07) is 66.1. The molecule has 0 fully saturated rings. The normalized spacial score (nSPS) is 12.4. The van der Waals surface area contributed by atoms with Crippen LogP contribution in [-0.4, -0.2) is 19.6 Å². The molecule has 75 heavy (non-hydrogen) atoms. The molecule has 5 heteroatoms. The topological polar surface area (TPSA) is 50.9 Å². The number of para-hydroxylation sites is 1. The second-order valence-corrected chi connectivity index (χ2v) is 23.3. The third kappa shape index (κ3) is 10.5. The number of nitrogens with zero attached hydrogens (tertiary/aromatic N) is 3. The Morgan fingerprint density at radius 3 is 1.79 bits per heavy atom. The van der Waals surface area contributed by atoms with Crippen LogP contribution in [0.2, 0.25) is 0 Å². The van der Waals surface area contributed by atoms with Crippen molar-refractivity contribution in [3.05, 3.63) is 216 Å². The van der Waals surface area contributed by atoms with E-state index in [-0.39, 0.29) is 43.1 Å². The second kappa shape index (κ2) is 20.5. The average Bonchev–Trinajstić information content (AvgIpc) is 3.77. The molecular weight excluding hydrogens is 1090 g/mol. The van der Waals surface area contributed by atoms with Crippen molar-refractivity contribution < 1.29 is 27.5 Å². The summed E-state index contributed by atoms with van der Waals surface area (Å²) >= 11 is 0. The Morgan fingerprint density at radius 1 is 0.533 bits per heavy atom. The van der Waals surface area contributed by atoms with E-state index in [1.807, 2.05) is 44.3 Å². The molecule has 0 amide bonds. The van der Waals surface area contributed by atoms with Crippen LogP contribution in [0.5, 0.6) is 5.75 Å². The fourth-order valence-electron chi connectivity index (χ4n) is 10.4. The molecule has 0 radical (unpaired) electrons. The first kappa shape index (κ1) is 51.4. The molecule has 4 nitrogen and oxygen atoms in total. The zero-order valence-corrected chi connectivity index (χ0v) is 47.7. The van der Waals surface area contributed by atoms with Crippen LogP contribution in [0.1, 0.15) is 111 Å². The number of rotatable bonds is 9. The molecule has 10 aromatic rings. The minimum Gasteiger partial charge on any atom is -0.507 e. The maximum atomic E-state index is 12.7. The molecule has 0 aliphatic rings. The van der Waals surface area contributed by atoms with Crippen LogP contribution in [0.3, 0.4) is 0 Å². The fourth-order valence-corrected chi connectivity index (χ4v) is 10.4. The summed E-state index contributed by atoms with van der Waals surface area (Å²) in [5, 5.41) is 12.7. The number of phenols is 1. The molecular formula is C70H68N3OPt-. The van der Waals surface area contributed by atoms with Gasteiger partial charge in [-0.25, -0.2) is 4.98 Å². The minimum atomic E-state index is -0.688. The number of pyridine rings is 1. The van der Waals surface area contributed by atoms with E-state index >= 15 is 0 Å². The van der Waals surface area contributed by atoms with Gasteiger partial charge in [0.15, 0.2) is 0 Å². The number of benzene rings is 8. The molecule has 1 N–H and O–H groups in total. The predicted molar refractivity (Wildman–Crippen MR) is 312 cm³/mol. The quantitative estimate of drug-likeness (QED) is 0.147. The summed E-state index contributed by atoms with van der Waals surface area (Å²) in [6.45, 7) is 26.1. The Labute approximate surface area is 461 Å². The van der Waals surface area contributed by atoms with Crippen LogP contribution < -0.4 is 0 Å². The summed E-state index contributed by atoms with van der Waals surface area (Å²) in [4.78, 5) is 10.7. The molecule has 2 heterocycles. The number of fused-ring (bicyclic) bond motifs is 1. The van der Waals surface area contributed by atoms with E-state index in [2.05, 4.69) is 232 Å². The first-order valence-corrected chi connectivity index (χ1v) is 26.0. The van der Waals surface area contributed by atoms with Crippen LogP contribution >= 0.6 is 0 Å². The maximum Gasteiger partial charge on any atom is 0.148 e. The Balaban J connectivity index is 0.00000706. The van der Waals surface area contributed by atoms with Crippen LogP contribution in [0.4, 0.5) is 0 Å². The number of aryl methyl sites for hydroxylation is 1. The second-order valence-electron chi connectivity index (χ2n) is 23.3. The van der Waals surface area contributed by atoms with Gasteiger partial charge in [0, 0.05) is 39.9 Å². The monoisotopic (exact) mass is 1160 g/mol. The minimum absolute atomic E-state index is 0. The van der Waals surface area contributed by atoms with Gasteiger partial charge in [-0.15, -0.1) is 23.8 Å². The number of hydrogen-bond acceptors (Lipinski definition) is 3. The Kier molecular flexibility index (Phi) is 14.1. The average molecular weight is 1160 g/mol. The van der Waals surface area contributed by atoms with Crippen molar-refractivity contribution in [1.29, 1.82) is 0 Å². The van der Waals surface area contributed by atoms with Gasteiger partial charge in [0.05, 0.1) is 22.3 Å². The Bertz CT molecular complexity index is 3750. The number of aromatic nitrogens is 3. The molecule has 0 saturated heterocycles. The molecule has 0 aliphatic heterocycles. The van der Waals surface area contributed by atoms with E-state index in [9.17, 15) is 5.11 Å². The third-order valence-corrected chi connectivity index (χ3v) is 14.5. The van der Waals surface area contributed by atoms with E-state index in [0.717, 1.165) is 89.2 Å². The smallest absolute Gasteiger partial charge is 0.148 e. The van der Waals surface area contributed by atoms with E-state index in [4.69, 9.17) is 11.3 Å². The van der Waals surface area contributed by atoms with Gasteiger partial charge >= 0.3 is 0 Å². The molecule has 0 aliphatic carbocycles. The van der Waals surface area contributed by atoms with Crippen molar-refractivity contribution in [3.63, 3.8) is 0 Å². The van der Waals surface area contributed by atoms with E-state index < -0.39 is 5.89 Å². The molecule has 2 aromatic heterocycles. The number of hydrogen-bond donors (Lipinski definition) is 1. The van der Waals surface area contributed by atoms with Crippen molar-refractivity contribution in [1.82, 2.24) is 14.5 Å². The molecule has 10 rings (SSSR count). The van der Waals surface area contributed by atoms with Gasteiger partial charge in [-0.1, -0.05) is 226 Å². The number of aromatic hydroxyl groups is 1. The molecule has 0 unspecified atom stereocenters.